The van der Waals surface area contributed by atoms with Gasteiger partial charge in [-0.25, -0.2) is 0 Å². The zero-order valence-corrected chi connectivity index (χ0v) is 15.3. The Morgan fingerprint density at radius 3 is 2.58 bits per heavy atom. The second-order valence-corrected chi connectivity index (χ2v) is 6.47. The summed E-state index contributed by atoms with van der Waals surface area (Å²) in [6, 6.07) is 9.81. The number of rotatable bonds is 9. The van der Waals surface area contributed by atoms with Crippen LogP contribution in [0.15, 0.2) is 35.7 Å². The van der Waals surface area contributed by atoms with Gasteiger partial charge in [0.15, 0.2) is 11.5 Å². The van der Waals surface area contributed by atoms with E-state index >= 15 is 0 Å². The van der Waals surface area contributed by atoms with Crippen molar-refractivity contribution in [1.82, 2.24) is 5.32 Å². The van der Waals surface area contributed by atoms with Crippen LogP contribution in [-0.4, -0.2) is 19.1 Å². The summed E-state index contributed by atoms with van der Waals surface area (Å²) in [5.41, 5.74) is 1.01. The number of ether oxygens (including phenoxy) is 2. The Bertz CT molecular complexity index is 640. The number of amides is 1. The molecule has 1 N–H and O–H groups in total. The molecular formula is C19H25NO3S. The van der Waals surface area contributed by atoms with Crippen LogP contribution < -0.4 is 14.8 Å². The van der Waals surface area contributed by atoms with E-state index in [2.05, 4.69) is 11.4 Å². The number of carbonyl (C=O) groups is 1. The third-order valence-corrected chi connectivity index (χ3v) is 4.56. The number of thiophene rings is 1. The lowest BCUT2D eigenvalue weighted by Crippen LogP contribution is -2.26. The lowest BCUT2D eigenvalue weighted by Gasteiger charge is -2.17. The first-order chi connectivity index (χ1) is 11.6. The van der Waals surface area contributed by atoms with Crippen molar-refractivity contribution in [3.05, 3.63) is 46.2 Å². The molecule has 0 spiro atoms. The van der Waals surface area contributed by atoms with Gasteiger partial charge in [0.05, 0.1) is 19.3 Å². The van der Waals surface area contributed by atoms with Crippen molar-refractivity contribution in [1.29, 1.82) is 0 Å². The van der Waals surface area contributed by atoms with Crippen LogP contribution in [0.5, 0.6) is 11.5 Å². The first-order valence-corrected chi connectivity index (χ1v) is 9.23. The molecule has 2 rings (SSSR count). The molecule has 130 valence electrons. The van der Waals surface area contributed by atoms with Gasteiger partial charge in [-0.2, -0.15) is 0 Å². The van der Waals surface area contributed by atoms with Crippen molar-refractivity contribution in [3.8, 4) is 11.5 Å². The van der Waals surface area contributed by atoms with E-state index in [0.717, 1.165) is 23.5 Å². The van der Waals surface area contributed by atoms with Crippen LogP contribution in [0.25, 0.3) is 0 Å². The van der Waals surface area contributed by atoms with Gasteiger partial charge >= 0.3 is 0 Å². The second-order valence-electron chi connectivity index (χ2n) is 5.44. The van der Waals surface area contributed by atoms with E-state index in [1.54, 1.807) is 11.3 Å². The van der Waals surface area contributed by atoms with E-state index < -0.39 is 0 Å². The predicted molar refractivity (Wildman–Crippen MR) is 98.0 cm³/mol. The minimum absolute atomic E-state index is 0.0581. The molecular weight excluding hydrogens is 322 g/mol. The van der Waals surface area contributed by atoms with Crippen molar-refractivity contribution >= 4 is 17.2 Å². The van der Waals surface area contributed by atoms with Crippen LogP contribution in [0.3, 0.4) is 0 Å². The highest BCUT2D eigenvalue weighted by Crippen LogP contribution is 2.30. The Kier molecular flexibility index (Phi) is 7.12. The highest BCUT2D eigenvalue weighted by molar-refractivity contribution is 7.09. The van der Waals surface area contributed by atoms with Gasteiger partial charge in [-0.05, 0) is 56.3 Å². The second kappa shape index (κ2) is 9.33. The fourth-order valence-corrected chi connectivity index (χ4v) is 3.13. The van der Waals surface area contributed by atoms with Gasteiger partial charge < -0.3 is 14.8 Å². The van der Waals surface area contributed by atoms with Crippen molar-refractivity contribution in [2.24, 2.45) is 0 Å². The molecule has 1 amide bonds. The number of carbonyl (C=O) groups excluding carboxylic acids is 1. The number of nitrogens with one attached hydrogen (secondary N) is 1. The summed E-state index contributed by atoms with van der Waals surface area (Å²) in [7, 11) is 0. The minimum Gasteiger partial charge on any atom is -0.490 e. The average molecular weight is 347 g/mol. The van der Waals surface area contributed by atoms with E-state index in [1.165, 1.54) is 4.88 Å². The molecule has 0 fully saturated rings. The van der Waals surface area contributed by atoms with Gasteiger partial charge in [-0.3, -0.25) is 4.79 Å². The maximum atomic E-state index is 12.1. The number of hydrogen-bond donors (Lipinski definition) is 1. The van der Waals surface area contributed by atoms with Gasteiger partial charge in [0, 0.05) is 11.3 Å². The molecule has 1 aromatic heterocycles. The molecule has 1 aromatic carbocycles. The quantitative estimate of drug-likeness (QED) is 0.733. The van der Waals surface area contributed by atoms with Gasteiger partial charge in [-0.1, -0.05) is 12.1 Å². The molecule has 0 aliphatic rings. The Morgan fingerprint density at radius 2 is 1.92 bits per heavy atom. The lowest BCUT2D eigenvalue weighted by molar-refractivity contribution is -0.121. The molecule has 2 aromatic rings. The fourth-order valence-electron chi connectivity index (χ4n) is 2.43. The molecule has 0 aliphatic carbocycles. The topological polar surface area (TPSA) is 47.6 Å². The third-order valence-electron chi connectivity index (χ3n) is 3.62. The molecule has 4 nitrogen and oxygen atoms in total. The van der Waals surface area contributed by atoms with Crippen molar-refractivity contribution < 1.29 is 14.3 Å². The largest absolute Gasteiger partial charge is 0.490 e. The molecule has 5 heteroatoms. The molecule has 24 heavy (non-hydrogen) atoms. The van der Waals surface area contributed by atoms with E-state index in [9.17, 15) is 4.79 Å². The van der Waals surface area contributed by atoms with Gasteiger partial charge in [0.25, 0.3) is 0 Å². The standard InChI is InChI=1S/C19H25NO3S/c1-4-22-17-10-8-15(13-18(17)23-5-2)14(3)20-19(21)11-9-16-7-6-12-24-16/h6-8,10,12-14H,4-5,9,11H2,1-3H3,(H,20,21). The van der Waals surface area contributed by atoms with Crippen molar-refractivity contribution in [2.45, 2.75) is 39.7 Å². The highest BCUT2D eigenvalue weighted by atomic mass is 32.1. The Labute approximate surface area is 147 Å². The SMILES string of the molecule is CCOc1ccc(C(C)NC(=O)CCc2cccs2)cc1OCC. The molecule has 1 unspecified atom stereocenters. The van der Waals surface area contributed by atoms with Crippen LogP contribution in [0.2, 0.25) is 0 Å². The molecule has 0 saturated heterocycles. The summed E-state index contributed by atoms with van der Waals surface area (Å²) < 4.78 is 11.2. The van der Waals surface area contributed by atoms with Crippen molar-refractivity contribution in [2.75, 3.05) is 13.2 Å². The lowest BCUT2D eigenvalue weighted by atomic mass is 10.1. The predicted octanol–water partition coefficient (Wildman–Crippen LogP) is 4.36. The van der Waals surface area contributed by atoms with E-state index in [-0.39, 0.29) is 11.9 Å². The minimum atomic E-state index is -0.0734. The van der Waals surface area contributed by atoms with E-state index in [0.29, 0.717) is 19.6 Å². The molecule has 0 aliphatic heterocycles. The van der Waals surface area contributed by atoms with E-state index in [1.807, 2.05) is 50.4 Å². The monoisotopic (exact) mass is 347 g/mol. The maximum absolute atomic E-state index is 12.1. The van der Waals surface area contributed by atoms with Crippen LogP contribution >= 0.6 is 11.3 Å². The molecule has 0 saturated carbocycles. The molecule has 0 radical (unpaired) electrons. The number of aryl methyl sites for hydroxylation is 1. The van der Waals surface area contributed by atoms with Gasteiger partial charge in [0.1, 0.15) is 0 Å². The number of hydrogen-bond acceptors (Lipinski definition) is 4. The summed E-state index contributed by atoms with van der Waals surface area (Å²) in [5, 5.41) is 5.08. The van der Waals surface area contributed by atoms with Gasteiger partial charge in [0.2, 0.25) is 5.91 Å². The van der Waals surface area contributed by atoms with Crippen LogP contribution in [-0.2, 0) is 11.2 Å². The molecule has 1 heterocycles. The van der Waals surface area contributed by atoms with Crippen LogP contribution in [0.1, 0.15) is 43.7 Å². The Balaban J connectivity index is 1.96. The normalized spacial score (nSPS) is 11.8. The highest BCUT2D eigenvalue weighted by Gasteiger charge is 2.13. The van der Waals surface area contributed by atoms with Crippen LogP contribution in [0, 0.1) is 0 Å². The smallest absolute Gasteiger partial charge is 0.220 e. The first-order valence-electron chi connectivity index (χ1n) is 8.35. The summed E-state index contributed by atoms with van der Waals surface area (Å²) in [6.45, 7) is 7.03. The van der Waals surface area contributed by atoms with Crippen LogP contribution in [0.4, 0.5) is 0 Å². The number of benzene rings is 1. The zero-order valence-electron chi connectivity index (χ0n) is 14.5. The molecule has 0 bridgehead atoms. The Hall–Kier alpha value is -2.01. The summed E-state index contributed by atoms with van der Waals surface area (Å²) in [4.78, 5) is 13.4. The van der Waals surface area contributed by atoms with Gasteiger partial charge in [-0.15, -0.1) is 11.3 Å². The summed E-state index contributed by atoms with van der Waals surface area (Å²) >= 11 is 1.68. The summed E-state index contributed by atoms with van der Waals surface area (Å²) in [5.74, 6) is 1.51. The first kappa shape index (κ1) is 18.3. The summed E-state index contributed by atoms with van der Waals surface area (Å²) in [6.07, 6.45) is 1.28. The maximum Gasteiger partial charge on any atom is 0.220 e. The van der Waals surface area contributed by atoms with Crippen molar-refractivity contribution in [3.63, 3.8) is 0 Å². The zero-order chi connectivity index (χ0) is 17.4. The van der Waals surface area contributed by atoms with E-state index in [4.69, 9.17) is 9.47 Å². The molecule has 1 atom stereocenters. The Morgan fingerprint density at radius 1 is 1.17 bits per heavy atom. The average Bonchev–Trinajstić information content (AvgIpc) is 3.08. The fraction of sp³-hybridized carbons (Fsp3) is 0.421. The third kappa shape index (κ3) is 5.27.